The smallest absolute Gasteiger partial charge is 0.193 e. The number of nitrogens with two attached hydrogens (primary N) is 1. The zero-order valence-electron chi connectivity index (χ0n) is 15.1. The van der Waals surface area contributed by atoms with E-state index in [1.165, 1.54) is 12.8 Å². The third-order valence-electron chi connectivity index (χ3n) is 4.98. The van der Waals surface area contributed by atoms with Crippen LogP contribution in [0.15, 0.2) is 23.2 Å². The molecule has 1 aliphatic carbocycles. The van der Waals surface area contributed by atoms with Gasteiger partial charge in [0, 0.05) is 11.2 Å². The van der Waals surface area contributed by atoms with Gasteiger partial charge in [0.1, 0.15) is 5.75 Å². The monoisotopic (exact) mass is 352 g/mol. The Kier molecular flexibility index (Phi) is 6.35. The molecule has 0 aliphatic heterocycles. The number of nitrogens with zero attached hydrogens (tertiary/aromatic N) is 2. The van der Waals surface area contributed by atoms with Crippen molar-refractivity contribution in [1.82, 2.24) is 4.90 Å². The Balaban J connectivity index is 2.05. The van der Waals surface area contributed by atoms with E-state index in [1.54, 1.807) is 13.2 Å². The van der Waals surface area contributed by atoms with Crippen LogP contribution in [-0.4, -0.2) is 44.1 Å². The molecule has 0 aromatic heterocycles. The van der Waals surface area contributed by atoms with Gasteiger partial charge in [-0.1, -0.05) is 31.4 Å². The highest BCUT2D eigenvalue weighted by molar-refractivity contribution is 6.32. The fourth-order valence-corrected chi connectivity index (χ4v) is 3.75. The van der Waals surface area contributed by atoms with Crippen molar-refractivity contribution < 1.29 is 4.74 Å². The van der Waals surface area contributed by atoms with Gasteiger partial charge >= 0.3 is 0 Å². The molecule has 0 radical (unpaired) electrons. The summed E-state index contributed by atoms with van der Waals surface area (Å²) >= 11 is 6.14. The molecule has 5 nitrogen and oxygen atoms in total. The van der Waals surface area contributed by atoms with Gasteiger partial charge in [-0.15, -0.1) is 0 Å². The van der Waals surface area contributed by atoms with Gasteiger partial charge in [0.2, 0.25) is 0 Å². The number of methoxy groups -OCH3 is 1. The molecule has 0 saturated heterocycles. The van der Waals surface area contributed by atoms with Gasteiger partial charge in [-0.05, 0) is 51.1 Å². The summed E-state index contributed by atoms with van der Waals surface area (Å²) < 4.78 is 5.15. The van der Waals surface area contributed by atoms with Crippen LogP contribution in [0.2, 0.25) is 5.02 Å². The summed E-state index contributed by atoms with van der Waals surface area (Å²) in [6, 6.07) is 5.47. The average Bonchev–Trinajstić information content (AvgIpc) is 2.53. The molecule has 2 rings (SSSR count). The Morgan fingerprint density at radius 1 is 1.50 bits per heavy atom. The molecule has 3 N–H and O–H groups in total. The van der Waals surface area contributed by atoms with E-state index in [-0.39, 0.29) is 5.54 Å². The summed E-state index contributed by atoms with van der Waals surface area (Å²) in [7, 11) is 5.87. The van der Waals surface area contributed by atoms with E-state index in [0.717, 1.165) is 24.4 Å². The topological polar surface area (TPSA) is 62.9 Å². The van der Waals surface area contributed by atoms with E-state index in [4.69, 9.17) is 22.1 Å². The number of nitrogens with one attached hydrogen (secondary N) is 1. The second kappa shape index (κ2) is 8.08. The summed E-state index contributed by atoms with van der Waals surface area (Å²) in [4.78, 5) is 6.92. The fraction of sp³-hybridized carbons (Fsp3) is 0.611. The molecule has 0 bridgehead atoms. The highest BCUT2D eigenvalue weighted by Gasteiger charge is 2.36. The Morgan fingerprint density at radius 2 is 2.25 bits per heavy atom. The quantitative estimate of drug-likeness (QED) is 0.628. The number of benzene rings is 1. The molecule has 0 heterocycles. The number of guanidine groups is 1. The van der Waals surface area contributed by atoms with E-state index in [0.29, 0.717) is 23.3 Å². The van der Waals surface area contributed by atoms with E-state index in [1.807, 2.05) is 12.1 Å². The lowest BCUT2D eigenvalue weighted by Gasteiger charge is -2.44. The summed E-state index contributed by atoms with van der Waals surface area (Å²) in [5.41, 5.74) is 6.99. The van der Waals surface area contributed by atoms with Crippen molar-refractivity contribution in [2.24, 2.45) is 16.6 Å². The first-order valence-electron chi connectivity index (χ1n) is 8.44. The molecule has 1 aromatic carbocycles. The number of rotatable bonds is 5. The molecule has 1 aliphatic rings. The Labute approximate surface area is 150 Å². The molecule has 1 aromatic rings. The van der Waals surface area contributed by atoms with Crippen LogP contribution in [0, 0.1) is 5.92 Å². The lowest BCUT2D eigenvalue weighted by Crippen LogP contribution is -2.50. The Bertz CT molecular complexity index is 590. The van der Waals surface area contributed by atoms with Crippen LogP contribution in [0.5, 0.6) is 5.75 Å². The largest absolute Gasteiger partial charge is 0.495 e. The molecule has 6 heteroatoms. The van der Waals surface area contributed by atoms with E-state index in [2.05, 4.69) is 36.2 Å². The maximum absolute atomic E-state index is 6.14. The van der Waals surface area contributed by atoms with Crippen molar-refractivity contribution in [2.45, 2.75) is 38.1 Å². The first-order valence-corrected chi connectivity index (χ1v) is 8.82. The maximum atomic E-state index is 6.14. The van der Waals surface area contributed by atoms with Crippen molar-refractivity contribution in [1.29, 1.82) is 0 Å². The third-order valence-corrected chi connectivity index (χ3v) is 5.28. The van der Waals surface area contributed by atoms with Crippen LogP contribution in [0.4, 0.5) is 5.69 Å². The summed E-state index contributed by atoms with van der Waals surface area (Å²) in [5, 5.41) is 3.65. The molecule has 0 amide bonds. The number of likely N-dealkylation sites (N-methyl/N-ethyl adjacent to an activating group) is 1. The minimum absolute atomic E-state index is 0.0987. The van der Waals surface area contributed by atoms with Gasteiger partial charge in [0.05, 0.1) is 18.7 Å². The zero-order chi connectivity index (χ0) is 17.7. The minimum Gasteiger partial charge on any atom is -0.495 e. The van der Waals surface area contributed by atoms with Crippen LogP contribution in [0.1, 0.15) is 32.6 Å². The molecule has 134 valence electrons. The van der Waals surface area contributed by atoms with Crippen molar-refractivity contribution in [3.05, 3.63) is 23.2 Å². The van der Waals surface area contributed by atoms with Crippen LogP contribution >= 0.6 is 11.6 Å². The van der Waals surface area contributed by atoms with Gasteiger partial charge in [0.25, 0.3) is 0 Å². The number of ether oxygens (including phenoxy) is 1. The summed E-state index contributed by atoms with van der Waals surface area (Å²) in [6.07, 6.45) is 4.87. The predicted molar refractivity (Wildman–Crippen MR) is 102 cm³/mol. The fourth-order valence-electron chi connectivity index (χ4n) is 3.49. The highest BCUT2D eigenvalue weighted by atomic mass is 35.5. The molecular formula is C18H29ClN4O. The van der Waals surface area contributed by atoms with E-state index in [9.17, 15) is 0 Å². The minimum atomic E-state index is 0.0987. The zero-order valence-corrected chi connectivity index (χ0v) is 15.9. The molecular weight excluding hydrogens is 324 g/mol. The normalized spacial score (nSPS) is 24.9. The lowest BCUT2D eigenvalue weighted by atomic mass is 9.75. The first kappa shape index (κ1) is 18.9. The SMILES string of the molecule is COc1ccc(NC(N)=NCC2(N(C)C)CCCC(C)C2)cc1Cl. The molecule has 0 spiro atoms. The maximum Gasteiger partial charge on any atom is 0.193 e. The van der Waals surface area contributed by atoms with Crippen molar-refractivity contribution >= 4 is 23.2 Å². The Morgan fingerprint density at radius 3 is 2.83 bits per heavy atom. The Hall–Kier alpha value is -1.46. The van der Waals surface area contributed by atoms with Crippen molar-refractivity contribution in [3.8, 4) is 5.75 Å². The summed E-state index contributed by atoms with van der Waals surface area (Å²) in [5.74, 6) is 1.78. The highest BCUT2D eigenvalue weighted by Crippen LogP contribution is 2.36. The van der Waals surface area contributed by atoms with Gasteiger partial charge < -0.3 is 20.7 Å². The van der Waals surface area contributed by atoms with Gasteiger partial charge in [-0.3, -0.25) is 4.99 Å². The van der Waals surface area contributed by atoms with Crippen molar-refractivity contribution in [2.75, 3.05) is 33.1 Å². The van der Waals surface area contributed by atoms with Crippen LogP contribution < -0.4 is 15.8 Å². The number of halogens is 1. The molecule has 1 saturated carbocycles. The van der Waals surface area contributed by atoms with Crippen LogP contribution in [0.3, 0.4) is 0 Å². The van der Waals surface area contributed by atoms with Gasteiger partial charge in [0.15, 0.2) is 5.96 Å². The number of hydrogen-bond acceptors (Lipinski definition) is 3. The predicted octanol–water partition coefficient (Wildman–Crippen LogP) is 3.59. The average molecular weight is 353 g/mol. The van der Waals surface area contributed by atoms with E-state index < -0.39 is 0 Å². The summed E-state index contributed by atoms with van der Waals surface area (Å²) in [6.45, 7) is 3.02. The van der Waals surface area contributed by atoms with Crippen molar-refractivity contribution in [3.63, 3.8) is 0 Å². The second-order valence-electron chi connectivity index (χ2n) is 7.00. The third kappa shape index (κ3) is 4.54. The number of hydrogen-bond donors (Lipinski definition) is 2. The molecule has 1 fully saturated rings. The first-order chi connectivity index (χ1) is 11.4. The standard InChI is InChI=1S/C18H29ClN4O/c1-13-6-5-9-18(11-13,23(2)3)12-21-17(20)22-14-7-8-16(24-4)15(19)10-14/h7-8,10,13H,5-6,9,11-12H2,1-4H3,(H3,20,21,22). The van der Waals surface area contributed by atoms with Crippen LogP contribution in [0.25, 0.3) is 0 Å². The second-order valence-corrected chi connectivity index (χ2v) is 7.40. The number of aliphatic imine (C=N–C) groups is 1. The van der Waals surface area contributed by atoms with Gasteiger partial charge in [-0.2, -0.15) is 0 Å². The molecule has 24 heavy (non-hydrogen) atoms. The lowest BCUT2D eigenvalue weighted by molar-refractivity contribution is 0.0846. The van der Waals surface area contributed by atoms with Crippen LogP contribution in [-0.2, 0) is 0 Å². The van der Waals surface area contributed by atoms with E-state index >= 15 is 0 Å². The van der Waals surface area contributed by atoms with Gasteiger partial charge in [-0.25, -0.2) is 0 Å². The number of anilines is 1. The molecule has 2 unspecified atom stereocenters. The molecule has 2 atom stereocenters.